The molecule has 2 aliphatic heterocycles. The Morgan fingerprint density at radius 3 is 2.80 bits per heavy atom. The number of hydrogen-bond donors (Lipinski definition) is 1. The normalized spacial score (nSPS) is 23.5. The quantitative estimate of drug-likeness (QED) is 0.622. The van der Waals surface area contributed by atoms with Crippen molar-refractivity contribution >= 4 is 35.0 Å². The van der Waals surface area contributed by atoms with Crippen LogP contribution in [0.4, 0.5) is 14.9 Å². The number of nitrogens with one attached hydrogen (secondary N) is 1. The van der Waals surface area contributed by atoms with Crippen molar-refractivity contribution in [3.8, 4) is 5.75 Å². The first-order valence-corrected chi connectivity index (χ1v) is 12.3. The highest BCUT2D eigenvalue weighted by Gasteiger charge is 2.38. The Bertz CT molecular complexity index is 1180. The number of halogens is 2. The molecule has 184 valence electrons. The fourth-order valence-corrected chi connectivity index (χ4v) is 5.06. The molecular weight excluding hydrogens is 473 g/mol. The topological polar surface area (TPSA) is 80.2 Å². The highest BCUT2D eigenvalue weighted by molar-refractivity contribution is 6.41. The summed E-state index contributed by atoms with van der Waals surface area (Å²) in [5, 5.41) is 3.15. The van der Waals surface area contributed by atoms with E-state index in [9.17, 15) is 14.0 Å². The lowest BCUT2D eigenvalue weighted by Gasteiger charge is -2.33. The van der Waals surface area contributed by atoms with Gasteiger partial charge in [-0.3, -0.25) is 4.79 Å². The van der Waals surface area contributed by atoms with E-state index in [-0.39, 0.29) is 35.7 Å². The first-order chi connectivity index (χ1) is 16.9. The Morgan fingerprint density at radius 2 is 2.03 bits per heavy atom. The molecular formula is C26H27ClFN3O4. The van der Waals surface area contributed by atoms with Crippen molar-refractivity contribution in [3.63, 3.8) is 0 Å². The number of aliphatic imine (C=N–C) groups is 1. The van der Waals surface area contributed by atoms with Gasteiger partial charge in [0.2, 0.25) is 0 Å². The average Bonchev–Trinajstić information content (AvgIpc) is 3.43. The lowest BCUT2D eigenvalue weighted by atomic mass is 9.90. The zero-order chi connectivity index (χ0) is 24.5. The maximum absolute atomic E-state index is 13.6. The van der Waals surface area contributed by atoms with Gasteiger partial charge >= 0.3 is 6.09 Å². The average molecular weight is 500 g/mol. The Hall–Kier alpha value is -3.13. The molecule has 2 aromatic rings. The van der Waals surface area contributed by atoms with Gasteiger partial charge in [0.1, 0.15) is 23.9 Å². The molecule has 35 heavy (non-hydrogen) atoms. The third-order valence-corrected chi connectivity index (χ3v) is 7.12. The number of hydrogen-bond acceptors (Lipinski definition) is 5. The predicted molar refractivity (Wildman–Crippen MR) is 130 cm³/mol. The number of cyclic esters (lactones) is 1. The van der Waals surface area contributed by atoms with Crippen LogP contribution >= 0.6 is 11.6 Å². The predicted octanol–water partition coefficient (Wildman–Crippen LogP) is 4.74. The molecule has 1 N–H and O–H groups in total. The van der Waals surface area contributed by atoms with E-state index in [0.717, 1.165) is 42.5 Å². The van der Waals surface area contributed by atoms with E-state index >= 15 is 0 Å². The van der Waals surface area contributed by atoms with Gasteiger partial charge in [0.25, 0.3) is 5.91 Å². The second-order valence-electron chi connectivity index (χ2n) is 9.39. The van der Waals surface area contributed by atoms with Crippen molar-refractivity contribution in [3.05, 3.63) is 58.4 Å². The van der Waals surface area contributed by atoms with Gasteiger partial charge < -0.3 is 19.7 Å². The number of carbonyl (C=O) groups is 2. The molecule has 1 saturated heterocycles. The van der Waals surface area contributed by atoms with Crippen molar-refractivity contribution in [2.75, 3.05) is 13.2 Å². The van der Waals surface area contributed by atoms with Crippen LogP contribution in [0.15, 0.2) is 41.4 Å². The Labute approximate surface area is 208 Å². The lowest BCUT2D eigenvalue weighted by Crippen LogP contribution is -2.46. The molecule has 2 aromatic carbocycles. The summed E-state index contributed by atoms with van der Waals surface area (Å²) in [6.07, 6.45) is 2.90. The molecule has 3 aliphatic rings. The number of nitrogens with zero attached hydrogens (tertiary/aromatic N) is 2. The van der Waals surface area contributed by atoms with E-state index in [2.05, 4.69) is 16.4 Å². The van der Waals surface area contributed by atoms with Gasteiger partial charge in [0.05, 0.1) is 17.3 Å². The molecule has 1 aliphatic carbocycles. The summed E-state index contributed by atoms with van der Waals surface area (Å²) in [5.41, 5.74) is 3.68. The molecule has 7 nitrogen and oxygen atoms in total. The van der Waals surface area contributed by atoms with Gasteiger partial charge in [-0.25, -0.2) is 14.2 Å². The zero-order valence-electron chi connectivity index (χ0n) is 19.4. The second kappa shape index (κ2) is 9.85. The Balaban J connectivity index is 1.08. The van der Waals surface area contributed by atoms with E-state index in [1.54, 1.807) is 11.0 Å². The minimum atomic E-state index is -0.558. The first-order valence-electron chi connectivity index (χ1n) is 11.9. The van der Waals surface area contributed by atoms with Gasteiger partial charge in [-0.2, -0.15) is 0 Å². The fraction of sp³-hybridized carbons (Fsp3) is 0.423. The number of ether oxygens (including phenoxy) is 2. The maximum atomic E-state index is 13.6. The number of aryl methyl sites for hydroxylation is 1. The summed E-state index contributed by atoms with van der Waals surface area (Å²) in [6, 6.07) is 10.4. The summed E-state index contributed by atoms with van der Waals surface area (Å²) in [6.45, 7) is 2.59. The molecule has 5 rings (SSSR count). The van der Waals surface area contributed by atoms with Crippen LogP contribution in [0, 0.1) is 12.7 Å². The van der Waals surface area contributed by atoms with Crippen LogP contribution in [0.2, 0.25) is 5.02 Å². The largest absolute Gasteiger partial charge is 0.490 e. The molecule has 0 spiro atoms. The third kappa shape index (κ3) is 5.27. The minimum absolute atomic E-state index is 0.0269. The SMILES string of the molecule is Cc1ccc2c(c1)CC(C(=O)NC1CCC(N3CC(COc4ccc(Cl)c(F)c4)OC3=O)CC1)=N2. The van der Waals surface area contributed by atoms with Crippen molar-refractivity contribution < 1.29 is 23.5 Å². The van der Waals surface area contributed by atoms with Crippen molar-refractivity contribution in [1.29, 1.82) is 0 Å². The summed E-state index contributed by atoms with van der Waals surface area (Å²) >= 11 is 5.69. The highest BCUT2D eigenvalue weighted by atomic mass is 35.5. The van der Waals surface area contributed by atoms with E-state index in [1.165, 1.54) is 12.1 Å². The molecule has 0 bridgehead atoms. The van der Waals surface area contributed by atoms with Crippen LogP contribution in [-0.2, 0) is 16.0 Å². The highest BCUT2D eigenvalue weighted by Crippen LogP contribution is 2.30. The summed E-state index contributed by atoms with van der Waals surface area (Å²) in [5.74, 6) is -0.334. The molecule has 1 unspecified atom stereocenters. The summed E-state index contributed by atoms with van der Waals surface area (Å²) < 4.78 is 24.6. The third-order valence-electron chi connectivity index (χ3n) is 6.81. The Kier molecular flexibility index (Phi) is 6.65. The molecule has 1 atom stereocenters. The first kappa shape index (κ1) is 23.6. The molecule has 9 heteroatoms. The van der Waals surface area contributed by atoms with Crippen molar-refractivity contribution in [2.24, 2.45) is 4.99 Å². The smallest absolute Gasteiger partial charge is 0.410 e. The van der Waals surface area contributed by atoms with Crippen LogP contribution in [0.1, 0.15) is 36.8 Å². The maximum Gasteiger partial charge on any atom is 0.410 e. The molecule has 1 saturated carbocycles. The Morgan fingerprint density at radius 1 is 1.23 bits per heavy atom. The summed E-state index contributed by atoms with van der Waals surface area (Å²) in [4.78, 5) is 31.4. The molecule has 0 radical (unpaired) electrons. The van der Waals surface area contributed by atoms with Crippen LogP contribution in [0.3, 0.4) is 0 Å². The van der Waals surface area contributed by atoms with Gasteiger partial charge in [-0.1, -0.05) is 29.3 Å². The summed E-state index contributed by atoms with van der Waals surface area (Å²) in [7, 11) is 0. The van der Waals surface area contributed by atoms with Crippen LogP contribution in [-0.4, -0.2) is 54.0 Å². The standard InChI is InChI=1S/C26H27ClFN3O4/c1-15-2-9-23-16(10-15)11-24(30-23)25(32)29-17-3-5-18(6-4-17)31-13-20(35-26(31)33)14-34-19-7-8-21(27)22(28)12-19/h2,7-10,12,17-18,20H,3-6,11,13-14H2,1H3,(H,29,32). The molecule has 0 aromatic heterocycles. The number of rotatable bonds is 6. The fourth-order valence-electron chi connectivity index (χ4n) is 4.94. The second-order valence-corrected chi connectivity index (χ2v) is 9.80. The number of carbonyl (C=O) groups excluding carboxylic acids is 2. The number of benzene rings is 2. The monoisotopic (exact) mass is 499 g/mol. The number of fused-ring (bicyclic) bond motifs is 1. The zero-order valence-corrected chi connectivity index (χ0v) is 20.2. The van der Waals surface area contributed by atoms with E-state index in [4.69, 9.17) is 21.1 Å². The van der Waals surface area contributed by atoms with Crippen LogP contribution in [0.5, 0.6) is 5.75 Å². The van der Waals surface area contributed by atoms with Crippen LogP contribution in [0.25, 0.3) is 0 Å². The van der Waals surface area contributed by atoms with E-state index in [1.807, 2.05) is 19.1 Å². The minimum Gasteiger partial charge on any atom is -0.490 e. The van der Waals surface area contributed by atoms with Gasteiger partial charge in [-0.15, -0.1) is 0 Å². The van der Waals surface area contributed by atoms with Crippen LogP contribution < -0.4 is 10.1 Å². The van der Waals surface area contributed by atoms with E-state index in [0.29, 0.717) is 24.4 Å². The van der Waals surface area contributed by atoms with Gasteiger partial charge in [0.15, 0.2) is 6.10 Å². The van der Waals surface area contributed by atoms with Crippen molar-refractivity contribution in [2.45, 2.75) is 57.2 Å². The van der Waals surface area contributed by atoms with Crippen molar-refractivity contribution in [1.82, 2.24) is 10.2 Å². The molecule has 2 heterocycles. The molecule has 2 fully saturated rings. The number of amides is 2. The van der Waals surface area contributed by atoms with E-state index < -0.39 is 11.9 Å². The lowest BCUT2D eigenvalue weighted by molar-refractivity contribution is -0.115. The molecule has 2 amide bonds. The van der Waals surface area contributed by atoms with Gasteiger partial charge in [0, 0.05) is 24.6 Å². The van der Waals surface area contributed by atoms with Gasteiger partial charge in [-0.05, 0) is 56.4 Å².